The highest BCUT2D eigenvalue weighted by Gasteiger charge is 2.15. The molecule has 0 aliphatic rings. The number of esters is 1. The molecule has 1 aromatic heterocycles. The van der Waals surface area contributed by atoms with Crippen molar-refractivity contribution in [3.8, 4) is 11.5 Å². The van der Waals surface area contributed by atoms with Crippen LogP contribution < -0.4 is 9.47 Å². The fraction of sp³-hybridized carbons (Fsp3) is 0.267. The summed E-state index contributed by atoms with van der Waals surface area (Å²) >= 11 is 0. The predicted octanol–water partition coefficient (Wildman–Crippen LogP) is 2.41. The van der Waals surface area contributed by atoms with E-state index in [1.165, 1.54) is 14.2 Å². The van der Waals surface area contributed by atoms with Gasteiger partial charge in [0.2, 0.25) is 0 Å². The van der Waals surface area contributed by atoms with Gasteiger partial charge in [0, 0.05) is 12.4 Å². The van der Waals surface area contributed by atoms with Crippen molar-refractivity contribution in [1.82, 2.24) is 9.97 Å². The first kappa shape index (κ1) is 14.8. The van der Waals surface area contributed by atoms with Crippen LogP contribution in [0, 0.1) is 0 Å². The molecular weight excluding hydrogens is 272 g/mol. The molecule has 21 heavy (non-hydrogen) atoms. The van der Waals surface area contributed by atoms with E-state index < -0.39 is 5.97 Å². The van der Waals surface area contributed by atoms with Crippen LogP contribution in [0.3, 0.4) is 0 Å². The average molecular weight is 288 g/mol. The molecule has 1 aromatic carbocycles. The Kier molecular flexibility index (Phi) is 4.71. The van der Waals surface area contributed by atoms with Gasteiger partial charge in [0.05, 0.1) is 31.7 Å². The van der Waals surface area contributed by atoms with Gasteiger partial charge < -0.3 is 14.2 Å². The molecule has 1 unspecified atom stereocenters. The van der Waals surface area contributed by atoms with Crippen molar-refractivity contribution in [2.45, 2.75) is 13.0 Å². The summed E-state index contributed by atoms with van der Waals surface area (Å²) in [4.78, 5) is 19.8. The van der Waals surface area contributed by atoms with Crippen molar-refractivity contribution < 1.29 is 19.0 Å². The zero-order valence-electron chi connectivity index (χ0n) is 12.1. The molecule has 0 aliphatic heterocycles. The molecule has 0 fully saturated rings. The highest BCUT2D eigenvalue weighted by molar-refractivity contribution is 5.90. The number of carbonyl (C=O) groups excluding carboxylic acids is 1. The number of methoxy groups -OCH3 is 2. The number of hydrogen-bond acceptors (Lipinski definition) is 6. The fourth-order valence-corrected chi connectivity index (χ4v) is 1.79. The third kappa shape index (κ3) is 3.47. The Bertz CT molecular complexity index is 616. The Hall–Kier alpha value is -2.63. The number of hydrogen-bond donors (Lipinski definition) is 0. The maximum absolute atomic E-state index is 11.6. The summed E-state index contributed by atoms with van der Waals surface area (Å²) in [7, 11) is 2.86. The zero-order valence-corrected chi connectivity index (χ0v) is 12.1. The van der Waals surface area contributed by atoms with Gasteiger partial charge in [0.15, 0.2) is 11.5 Å². The molecule has 2 aromatic rings. The van der Waals surface area contributed by atoms with Crippen molar-refractivity contribution in [2.24, 2.45) is 0 Å². The molecule has 0 saturated carbocycles. The molecule has 1 atom stereocenters. The number of benzene rings is 1. The summed E-state index contributed by atoms with van der Waals surface area (Å²) in [6.07, 6.45) is 4.48. The Morgan fingerprint density at radius 2 is 2.00 bits per heavy atom. The van der Waals surface area contributed by atoms with Crippen molar-refractivity contribution in [3.05, 3.63) is 48.0 Å². The molecule has 2 rings (SSSR count). The molecule has 0 bridgehead atoms. The second-order valence-electron chi connectivity index (χ2n) is 4.25. The Morgan fingerprint density at radius 3 is 2.62 bits per heavy atom. The lowest BCUT2D eigenvalue weighted by Crippen LogP contribution is -2.08. The van der Waals surface area contributed by atoms with E-state index in [9.17, 15) is 4.79 Å². The van der Waals surface area contributed by atoms with Gasteiger partial charge >= 0.3 is 5.97 Å². The molecule has 1 heterocycles. The lowest BCUT2D eigenvalue weighted by Gasteiger charge is -2.16. The van der Waals surface area contributed by atoms with Gasteiger partial charge in [0.1, 0.15) is 6.10 Å². The third-order valence-corrected chi connectivity index (χ3v) is 2.89. The van der Waals surface area contributed by atoms with Crippen LogP contribution in [0.1, 0.15) is 29.1 Å². The van der Waals surface area contributed by atoms with E-state index in [0.29, 0.717) is 22.8 Å². The largest absolute Gasteiger partial charge is 0.493 e. The molecule has 6 nitrogen and oxygen atoms in total. The lowest BCUT2D eigenvalue weighted by atomic mass is 10.2. The average Bonchev–Trinajstić information content (AvgIpc) is 2.54. The van der Waals surface area contributed by atoms with Gasteiger partial charge in [0.25, 0.3) is 0 Å². The van der Waals surface area contributed by atoms with E-state index in [0.717, 1.165) is 0 Å². The SMILES string of the molecule is COC(=O)c1ccc(OC)c(OC(C)c2cnccn2)c1. The summed E-state index contributed by atoms with van der Waals surface area (Å²) < 4.78 is 15.8. The molecule has 0 N–H and O–H groups in total. The van der Waals surface area contributed by atoms with Crippen LogP contribution >= 0.6 is 0 Å². The van der Waals surface area contributed by atoms with Gasteiger partial charge in [-0.2, -0.15) is 0 Å². The minimum absolute atomic E-state index is 0.333. The third-order valence-electron chi connectivity index (χ3n) is 2.89. The fourth-order valence-electron chi connectivity index (χ4n) is 1.79. The van der Waals surface area contributed by atoms with E-state index >= 15 is 0 Å². The molecule has 0 aliphatic carbocycles. The number of rotatable bonds is 5. The van der Waals surface area contributed by atoms with Crippen molar-refractivity contribution in [1.29, 1.82) is 0 Å². The van der Waals surface area contributed by atoms with E-state index in [1.807, 2.05) is 6.92 Å². The van der Waals surface area contributed by atoms with Gasteiger partial charge in [-0.15, -0.1) is 0 Å². The monoisotopic (exact) mass is 288 g/mol. The Labute approximate surface area is 122 Å². The van der Waals surface area contributed by atoms with Crippen LogP contribution in [0.4, 0.5) is 0 Å². The topological polar surface area (TPSA) is 70.5 Å². The number of carbonyl (C=O) groups is 1. The Morgan fingerprint density at radius 1 is 1.19 bits per heavy atom. The summed E-state index contributed by atoms with van der Waals surface area (Å²) in [5.74, 6) is 0.534. The molecular formula is C15H16N2O4. The van der Waals surface area contributed by atoms with Crippen LogP contribution in [0.5, 0.6) is 11.5 Å². The maximum Gasteiger partial charge on any atom is 0.337 e. The van der Waals surface area contributed by atoms with Crippen molar-refractivity contribution in [2.75, 3.05) is 14.2 Å². The molecule has 0 radical (unpaired) electrons. The summed E-state index contributed by atoms with van der Waals surface area (Å²) in [6.45, 7) is 1.84. The van der Waals surface area contributed by atoms with E-state index in [2.05, 4.69) is 9.97 Å². The summed E-state index contributed by atoms with van der Waals surface area (Å²) in [5, 5.41) is 0. The van der Waals surface area contributed by atoms with Crippen LogP contribution in [0.25, 0.3) is 0 Å². The Balaban J connectivity index is 2.27. The minimum Gasteiger partial charge on any atom is -0.493 e. The highest BCUT2D eigenvalue weighted by Crippen LogP contribution is 2.31. The molecule has 0 amide bonds. The standard InChI is InChI=1S/C15H16N2O4/c1-10(12-9-16-6-7-17-12)21-14-8-11(15(18)20-3)4-5-13(14)19-2/h4-10H,1-3H3. The van der Waals surface area contributed by atoms with E-state index in [1.54, 1.807) is 36.8 Å². The predicted molar refractivity (Wildman–Crippen MR) is 75.4 cm³/mol. The second kappa shape index (κ2) is 6.69. The van der Waals surface area contributed by atoms with Gasteiger partial charge in [-0.05, 0) is 25.1 Å². The summed E-state index contributed by atoms with van der Waals surface area (Å²) in [6, 6.07) is 4.85. The van der Waals surface area contributed by atoms with Gasteiger partial charge in [-0.3, -0.25) is 9.97 Å². The first-order valence-electron chi connectivity index (χ1n) is 6.34. The normalized spacial score (nSPS) is 11.6. The van der Waals surface area contributed by atoms with Gasteiger partial charge in [-0.25, -0.2) is 4.79 Å². The molecule has 110 valence electrons. The number of aromatic nitrogens is 2. The summed E-state index contributed by atoms with van der Waals surface area (Å²) in [5.41, 5.74) is 1.07. The lowest BCUT2D eigenvalue weighted by molar-refractivity contribution is 0.0600. The molecule has 6 heteroatoms. The van der Waals surface area contributed by atoms with Crippen molar-refractivity contribution >= 4 is 5.97 Å². The highest BCUT2D eigenvalue weighted by atomic mass is 16.5. The minimum atomic E-state index is -0.436. The van der Waals surface area contributed by atoms with E-state index in [4.69, 9.17) is 14.2 Å². The van der Waals surface area contributed by atoms with Crippen LogP contribution in [0.15, 0.2) is 36.8 Å². The smallest absolute Gasteiger partial charge is 0.337 e. The van der Waals surface area contributed by atoms with Crippen LogP contribution in [0.2, 0.25) is 0 Å². The van der Waals surface area contributed by atoms with Crippen LogP contribution in [-0.2, 0) is 4.74 Å². The van der Waals surface area contributed by atoms with Crippen LogP contribution in [-0.4, -0.2) is 30.2 Å². The quantitative estimate of drug-likeness (QED) is 0.787. The number of ether oxygens (including phenoxy) is 3. The maximum atomic E-state index is 11.6. The second-order valence-corrected chi connectivity index (χ2v) is 4.25. The number of nitrogens with zero attached hydrogens (tertiary/aromatic N) is 2. The van der Waals surface area contributed by atoms with E-state index in [-0.39, 0.29) is 6.10 Å². The molecule has 0 saturated heterocycles. The molecule has 0 spiro atoms. The first-order valence-corrected chi connectivity index (χ1v) is 6.34. The van der Waals surface area contributed by atoms with Crippen molar-refractivity contribution in [3.63, 3.8) is 0 Å². The van der Waals surface area contributed by atoms with Gasteiger partial charge in [-0.1, -0.05) is 0 Å². The first-order chi connectivity index (χ1) is 10.2. The zero-order chi connectivity index (χ0) is 15.2.